The van der Waals surface area contributed by atoms with Gasteiger partial charge in [0, 0.05) is 0 Å². The second-order valence-electron chi connectivity index (χ2n) is 4.02. The Morgan fingerprint density at radius 3 is 3.16 bits per heavy atom. The molecule has 8 nitrogen and oxygen atoms in total. The fourth-order valence-corrected chi connectivity index (χ4v) is 2.49. The van der Waals surface area contributed by atoms with Crippen LogP contribution in [-0.4, -0.2) is 52.1 Å². The van der Waals surface area contributed by atoms with E-state index in [4.69, 9.17) is 9.84 Å². The molecule has 0 aliphatic carbocycles. The number of carbonyl (C=O) groups excluding carboxylic acids is 2. The number of hydrogen-bond acceptors (Lipinski definition) is 7. The first-order chi connectivity index (χ1) is 9.17. The lowest BCUT2D eigenvalue weighted by molar-refractivity contribution is -0.113. The first-order valence-electron chi connectivity index (χ1n) is 5.56. The number of rotatable bonds is 2. The van der Waals surface area contributed by atoms with Gasteiger partial charge in [-0.15, -0.1) is 0 Å². The number of thioether (sulfide) groups is 1. The molecule has 100 valence electrons. The smallest absolute Gasteiger partial charge is 0.416 e. The quantitative estimate of drug-likeness (QED) is 0.776. The maximum absolute atomic E-state index is 11.6. The van der Waals surface area contributed by atoms with Gasteiger partial charge in [0.1, 0.15) is 11.1 Å². The first kappa shape index (κ1) is 12.2. The van der Waals surface area contributed by atoms with E-state index >= 15 is 0 Å². The molecule has 0 radical (unpaired) electrons. The second-order valence-corrected chi connectivity index (χ2v) is 4.98. The van der Waals surface area contributed by atoms with E-state index in [1.807, 2.05) is 0 Å². The normalized spacial score (nSPS) is 21.9. The molecule has 2 amide bonds. The minimum Gasteiger partial charge on any atom is -0.441 e. The van der Waals surface area contributed by atoms with Crippen molar-refractivity contribution < 1.29 is 19.4 Å². The molecular formula is C10H10N4O4S. The zero-order valence-corrected chi connectivity index (χ0v) is 10.5. The minimum atomic E-state index is -0.580. The molecule has 3 heterocycles. The molecule has 0 saturated carbocycles. The van der Waals surface area contributed by atoms with Gasteiger partial charge in [-0.05, 0) is 0 Å². The zero-order valence-electron chi connectivity index (χ0n) is 9.70. The molecule has 3 rings (SSSR count). The fraction of sp³-hybridized carbons (Fsp3) is 0.400. The maximum atomic E-state index is 11.6. The summed E-state index contributed by atoms with van der Waals surface area (Å²) in [7, 11) is 0. The van der Waals surface area contributed by atoms with Crippen molar-refractivity contribution in [2.45, 2.75) is 11.1 Å². The van der Waals surface area contributed by atoms with Gasteiger partial charge in [-0.2, -0.15) is 0 Å². The topological polar surface area (TPSA) is 105 Å². The molecule has 2 aliphatic heterocycles. The third kappa shape index (κ3) is 2.22. The van der Waals surface area contributed by atoms with E-state index in [0.717, 1.165) is 0 Å². The van der Waals surface area contributed by atoms with E-state index in [-0.39, 0.29) is 19.1 Å². The van der Waals surface area contributed by atoms with Crippen LogP contribution in [-0.2, 0) is 9.53 Å². The van der Waals surface area contributed by atoms with Crippen molar-refractivity contribution in [2.24, 2.45) is 0 Å². The first-order valence-corrected chi connectivity index (χ1v) is 6.54. The summed E-state index contributed by atoms with van der Waals surface area (Å²) >= 11 is 1.29. The van der Waals surface area contributed by atoms with Gasteiger partial charge in [0.15, 0.2) is 11.6 Å². The summed E-state index contributed by atoms with van der Waals surface area (Å²) in [5.41, 5.74) is 0. The molecule has 2 aliphatic rings. The Hall–Kier alpha value is -1.87. The van der Waals surface area contributed by atoms with Gasteiger partial charge in [0.25, 0.3) is 0 Å². The summed E-state index contributed by atoms with van der Waals surface area (Å²) < 4.78 is 4.92. The number of aromatic nitrogens is 2. The number of cyclic esters (lactones) is 1. The van der Waals surface area contributed by atoms with Gasteiger partial charge < -0.3 is 15.2 Å². The predicted octanol–water partition coefficient (Wildman–Crippen LogP) is -0.162. The highest BCUT2D eigenvalue weighted by atomic mass is 32.2. The molecule has 1 aromatic heterocycles. The SMILES string of the molecule is O=C1CSc2ncc(N3CC(CO)OC3=O)nc2N1. The van der Waals surface area contributed by atoms with Crippen LogP contribution in [0.25, 0.3) is 0 Å². The predicted molar refractivity (Wildman–Crippen MR) is 66.1 cm³/mol. The molecule has 0 bridgehead atoms. The number of anilines is 2. The molecule has 19 heavy (non-hydrogen) atoms. The number of nitrogens with zero attached hydrogens (tertiary/aromatic N) is 3. The Bertz CT molecular complexity index is 552. The van der Waals surface area contributed by atoms with E-state index in [9.17, 15) is 9.59 Å². The van der Waals surface area contributed by atoms with E-state index in [2.05, 4.69) is 15.3 Å². The van der Waals surface area contributed by atoms with Crippen molar-refractivity contribution >= 4 is 35.4 Å². The number of carbonyl (C=O) groups is 2. The van der Waals surface area contributed by atoms with E-state index < -0.39 is 12.2 Å². The Morgan fingerprint density at radius 2 is 2.42 bits per heavy atom. The molecular weight excluding hydrogens is 272 g/mol. The van der Waals surface area contributed by atoms with Crippen LogP contribution in [0, 0.1) is 0 Å². The number of fused-ring (bicyclic) bond motifs is 1. The largest absolute Gasteiger partial charge is 0.441 e. The molecule has 2 N–H and O–H groups in total. The van der Waals surface area contributed by atoms with Crippen LogP contribution in [0.1, 0.15) is 0 Å². The van der Waals surface area contributed by atoms with Gasteiger partial charge in [-0.1, -0.05) is 11.8 Å². The van der Waals surface area contributed by atoms with Crippen molar-refractivity contribution in [2.75, 3.05) is 29.1 Å². The highest BCUT2D eigenvalue weighted by Gasteiger charge is 2.33. The van der Waals surface area contributed by atoms with Crippen LogP contribution in [0.15, 0.2) is 11.2 Å². The van der Waals surface area contributed by atoms with Gasteiger partial charge in [0.05, 0.1) is 25.1 Å². The van der Waals surface area contributed by atoms with E-state index in [0.29, 0.717) is 22.4 Å². The van der Waals surface area contributed by atoms with Crippen LogP contribution in [0.5, 0.6) is 0 Å². The van der Waals surface area contributed by atoms with Crippen molar-refractivity contribution in [3.63, 3.8) is 0 Å². The lowest BCUT2D eigenvalue weighted by Crippen LogP contribution is -2.28. The van der Waals surface area contributed by atoms with Crippen molar-refractivity contribution in [3.8, 4) is 0 Å². The third-order valence-electron chi connectivity index (χ3n) is 2.68. The number of amides is 2. The lowest BCUT2D eigenvalue weighted by atomic mass is 10.4. The summed E-state index contributed by atoms with van der Waals surface area (Å²) in [6.45, 7) is -0.0307. The standard InChI is InChI=1S/C10H10N4O4S/c15-3-5-2-14(10(17)18-5)6-1-11-9-8(12-6)13-7(16)4-19-9/h1,5,15H,2-4H2,(H,12,13,16). The Morgan fingerprint density at radius 1 is 1.58 bits per heavy atom. The highest BCUT2D eigenvalue weighted by Crippen LogP contribution is 2.30. The molecule has 1 unspecified atom stereocenters. The lowest BCUT2D eigenvalue weighted by Gasteiger charge is -2.17. The molecule has 0 aromatic carbocycles. The molecule has 1 fully saturated rings. The van der Waals surface area contributed by atoms with E-state index in [1.165, 1.54) is 22.9 Å². The number of aliphatic hydroxyl groups is 1. The molecule has 0 spiro atoms. The monoisotopic (exact) mass is 282 g/mol. The number of hydrogen-bond donors (Lipinski definition) is 2. The second kappa shape index (κ2) is 4.67. The highest BCUT2D eigenvalue weighted by molar-refractivity contribution is 8.00. The minimum absolute atomic E-state index is 0.152. The maximum Gasteiger partial charge on any atom is 0.416 e. The van der Waals surface area contributed by atoms with Crippen LogP contribution in [0.3, 0.4) is 0 Å². The average molecular weight is 282 g/mol. The summed E-state index contributed by atoms with van der Waals surface area (Å²) in [5, 5.41) is 12.2. The van der Waals surface area contributed by atoms with Crippen molar-refractivity contribution in [1.82, 2.24) is 9.97 Å². The number of aliphatic hydroxyl groups excluding tert-OH is 1. The third-order valence-corrected chi connectivity index (χ3v) is 3.66. The summed E-state index contributed by atoms with van der Waals surface area (Å²) in [4.78, 5) is 32.5. The summed E-state index contributed by atoms with van der Waals surface area (Å²) in [6, 6.07) is 0. The van der Waals surface area contributed by atoms with Gasteiger partial charge in [-0.25, -0.2) is 14.8 Å². The van der Waals surface area contributed by atoms with Crippen LogP contribution < -0.4 is 10.2 Å². The Kier molecular flexibility index (Phi) is 2.99. The van der Waals surface area contributed by atoms with Crippen molar-refractivity contribution in [1.29, 1.82) is 0 Å². The molecule has 1 aromatic rings. The Labute approximate surface area is 112 Å². The van der Waals surface area contributed by atoms with Crippen LogP contribution in [0.2, 0.25) is 0 Å². The molecule has 1 saturated heterocycles. The summed E-state index contributed by atoms with van der Waals surface area (Å²) in [5.74, 6) is 0.794. The Balaban J connectivity index is 1.88. The molecule has 9 heteroatoms. The van der Waals surface area contributed by atoms with E-state index in [1.54, 1.807) is 0 Å². The van der Waals surface area contributed by atoms with Crippen LogP contribution >= 0.6 is 11.8 Å². The average Bonchev–Trinajstić information content (AvgIpc) is 2.79. The van der Waals surface area contributed by atoms with Gasteiger partial charge >= 0.3 is 6.09 Å². The van der Waals surface area contributed by atoms with Gasteiger partial charge in [-0.3, -0.25) is 9.69 Å². The fourth-order valence-electron chi connectivity index (χ4n) is 1.79. The number of ether oxygens (including phenoxy) is 1. The zero-order chi connectivity index (χ0) is 13.4. The number of nitrogens with one attached hydrogen (secondary N) is 1. The summed E-state index contributed by atoms with van der Waals surface area (Å²) in [6.07, 6.45) is 0.307. The van der Waals surface area contributed by atoms with Crippen molar-refractivity contribution in [3.05, 3.63) is 6.20 Å². The van der Waals surface area contributed by atoms with Crippen LogP contribution in [0.4, 0.5) is 16.4 Å². The molecule has 1 atom stereocenters. The van der Waals surface area contributed by atoms with Gasteiger partial charge in [0.2, 0.25) is 5.91 Å².